The van der Waals surface area contributed by atoms with Crippen LogP contribution in [0.5, 0.6) is 11.5 Å². The standard InChI is InChI=1S/C20H27N3O4/c1-22-11-7-6-8-15(22)13-23(2)20(24)17-12-16(27-21-17)14-26-19-10-5-4-9-18(19)25-3/h4-5,9-10,12,15H,6-8,11,13-14H2,1-3H3/t15-/m1/s1. The topological polar surface area (TPSA) is 68.0 Å². The van der Waals surface area contributed by atoms with E-state index in [0.717, 1.165) is 13.0 Å². The highest BCUT2D eigenvalue weighted by molar-refractivity contribution is 5.92. The van der Waals surface area contributed by atoms with Crippen molar-refractivity contribution in [3.8, 4) is 11.5 Å². The second-order valence-electron chi connectivity index (χ2n) is 6.93. The molecule has 27 heavy (non-hydrogen) atoms. The van der Waals surface area contributed by atoms with Crippen molar-refractivity contribution in [3.63, 3.8) is 0 Å². The van der Waals surface area contributed by atoms with Crippen LogP contribution in [0.1, 0.15) is 35.5 Å². The Morgan fingerprint density at radius 3 is 2.85 bits per heavy atom. The summed E-state index contributed by atoms with van der Waals surface area (Å²) in [6.45, 7) is 1.95. The molecule has 3 rings (SSSR count). The molecule has 0 N–H and O–H groups in total. The first-order valence-corrected chi connectivity index (χ1v) is 9.25. The molecule has 1 atom stereocenters. The zero-order chi connectivity index (χ0) is 19.2. The van der Waals surface area contributed by atoms with Crippen LogP contribution < -0.4 is 9.47 Å². The minimum Gasteiger partial charge on any atom is -0.493 e. The smallest absolute Gasteiger partial charge is 0.275 e. The van der Waals surface area contributed by atoms with Crippen LogP contribution in [0.15, 0.2) is 34.9 Å². The highest BCUT2D eigenvalue weighted by Crippen LogP contribution is 2.26. The molecule has 1 aliphatic heterocycles. The van der Waals surface area contributed by atoms with E-state index in [1.165, 1.54) is 12.8 Å². The van der Waals surface area contributed by atoms with E-state index in [1.807, 2.05) is 31.3 Å². The zero-order valence-corrected chi connectivity index (χ0v) is 16.2. The van der Waals surface area contributed by atoms with Crippen molar-refractivity contribution < 1.29 is 18.8 Å². The lowest BCUT2D eigenvalue weighted by molar-refractivity contribution is 0.0707. The molecule has 1 aromatic carbocycles. The van der Waals surface area contributed by atoms with E-state index in [0.29, 0.717) is 35.5 Å². The average Bonchev–Trinajstić information content (AvgIpc) is 3.16. The largest absolute Gasteiger partial charge is 0.493 e. The summed E-state index contributed by atoms with van der Waals surface area (Å²) in [5.74, 6) is 1.61. The van der Waals surface area contributed by atoms with Crippen LogP contribution in [0, 0.1) is 0 Å². The number of methoxy groups -OCH3 is 1. The molecule has 7 nitrogen and oxygen atoms in total. The summed E-state index contributed by atoms with van der Waals surface area (Å²) in [6, 6.07) is 9.41. The predicted molar refractivity (Wildman–Crippen MR) is 101 cm³/mol. The Kier molecular flexibility index (Phi) is 6.34. The van der Waals surface area contributed by atoms with Gasteiger partial charge >= 0.3 is 0 Å². The molecular formula is C20H27N3O4. The monoisotopic (exact) mass is 373 g/mol. The summed E-state index contributed by atoms with van der Waals surface area (Å²) in [4.78, 5) is 16.7. The summed E-state index contributed by atoms with van der Waals surface area (Å²) >= 11 is 0. The van der Waals surface area contributed by atoms with Gasteiger partial charge in [0.05, 0.1) is 7.11 Å². The van der Waals surface area contributed by atoms with Gasteiger partial charge in [-0.05, 0) is 38.6 Å². The number of likely N-dealkylation sites (tertiary alicyclic amines) is 1. The van der Waals surface area contributed by atoms with Gasteiger partial charge in [-0.25, -0.2) is 0 Å². The minimum atomic E-state index is -0.138. The average molecular weight is 373 g/mol. The molecule has 2 aromatic rings. The number of carbonyl (C=O) groups is 1. The number of benzene rings is 1. The van der Waals surface area contributed by atoms with E-state index in [4.69, 9.17) is 14.0 Å². The van der Waals surface area contributed by atoms with Crippen LogP contribution in [0.4, 0.5) is 0 Å². The van der Waals surface area contributed by atoms with Crippen LogP contribution in [-0.4, -0.2) is 61.2 Å². The van der Waals surface area contributed by atoms with Crippen LogP contribution in [0.25, 0.3) is 0 Å². The maximum Gasteiger partial charge on any atom is 0.275 e. The fraction of sp³-hybridized carbons (Fsp3) is 0.500. The molecule has 0 saturated carbocycles. The molecule has 0 aliphatic carbocycles. The first-order valence-electron chi connectivity index (χ1n) is 9.25. The Hall–Kier alpha value is -2.54. The highest BCUT2D eigenvalue weighted by Gasteiger charge is 2.24. The Morgan fingerprint density at radius 2 is 2.11 bits per heavy atom. The van der Waals surface area contributed by atoms with Crippen molar-refractivity contribution in [1.82, 2.24) is 15.0 Å². The third-order valence-corrected chi connectivity index (χ3v) is 4.97. The third-order valence-electron chi connectivity index (χ3n) is 4.97. The van der Waals surface area contributed by atoms with Crippen molar-refractivity contribution in [3.05, 3.63) is 41.8 Å². The SMILES string of the molecule is COc1ccccc1OCc1cc(C(=O)N(C)C[C@H]2CCCCN2C)no1. The Bertz CT molecular complexity index is 761. The minimum absolute atomic E-state index is 0.138. The molecule has 1 aromatic heterocycles. The molecule has 146 valence electrons. The lowest BCUT2D eigenvalue weighted by atomic mass is 10.0. The van der Waals surface area contributed by atoms with Gasteiger partial charge in [-0.2, -0.15) is 0 Å². The summed E-state index contributed by atoms with van der Waals surface area (Å²) in [5.41, 5.74) is 0.301. The number of ether oxygens (including phenoxy) is 2. The van der Waals surface area contributed by atoms with Gasteiger partial charge in [0, 0.05) is 25.7 Å². The van der Waals surface area contributed by atoms with Gasteiger partial charge in [0.2, 0.25) is 0 Å². The highest BCUT2D eigenvalue weighted by atomic mass is 16.5. The van der Waals surface area contributed by atoms with E-state index in [9.17, 15) is 4.79 Å². The second kappa shape index (κ2) is 8.90. The molecule has 0 radical (unpaired) electrons. The number of carbonyl (C=O) groups excluding carboxylic acids is 1. The van der Waals surface area contributed by atoms with Crippen molar-refractivity contribution in [2.45, 2.75) is 31.9 Å². The van der Waals surface area contributed by atoms with Gasteiger partial charge in [0.25, 0.3) is 5.91 Å². The lowest BCUT2D eigenvalue weighted by Crippen LogP contribution is -2.45. The van der Waals surface area contributed by atoms with E-state index in [-0.39, 0.29) is 12.5 Å². The van der Waals surface area contributed by atoms with Gasteiger partial charge in [-0.1, -0.05) is 23.7 Å². The van der Waals surface area contributed by atoms with Crippen molar-refractivity contribution in [2.75, 3.05) is 34.3 Å². The van der Waals surface area contributed by atoms with Gasteiger partial charge in [0.1, 0.15) is 6.61 Å². The van der Waals surface area contributed by atoms with Gasteiger partial charge in [0.15, 0.2) is 23.0 Å². The Labute approximate surface area is 159 Å². The van der Waals surface area contributed by atoms with Crippen molar-refractivity contribution >= 4 is 5.91 Å². The van der Waals surface area contributed by atoms with E-state index < -0.39 is 0 Å². The van der Waals surface area contributed by atoms with Gasteiger partial charge < -0.3 is 23.8 Å². The maximum atomic E-state index is 12.6. The number of nitrogens with zero attached hydrogens (tertiary/aromatic N) is 3. The number of para-hydroxylation sites is 2. The molecule has 2 heterocycles. The maximum absolute atomic E-state index is 12.6. The fourth-order valence-electron chi connectivity index (χ4n) is 3.34. The van der Waals surface area contributed by atoms with Crippen LogP contribution >= 0.6 is 0 Å². The molecule has 1 saturated heterocycles. The van der Waals surface area contributed by atoms with Crippen LogP contribution in [-0.2, 0) is 6.61 Å². The molecule has 1 amide bonds. The fourth-order valence-corrected chi connectivity index (χ4v) is 3.34. The number of aromatic nitrogens is 1. The Balaban J connectivity index is 1.57. The number of amides is 1. The first kappa shape index (κ1) is 19.2. The normalized spacial score (nSPS) is 17.5. The summed E-state index contributed by atoms with van der Waals surface area (Å²) in [5, 5.41) is 3.91. The second-order valence-corrected chi connectivity index (χ2v) is 6.93. The number of hydrogen-bond donors (Lipinski definition) is 0. The summed E-state index contributed by atoms with van der Waals surface area (Å²) in [7, 11) is 5.52. The third kappa shape index (κ3) is 4.80. The summed E-state index contributed by atoms with van der Waals surface area (Å²) in [6.07, 6.45) is 3.56. The lowest BCUT2D eigenvalue weighted by Gasteiger charge is -2.34. The molecular weight excluding hydrogens is 346 g/mol. The molecule has 1 aliphatic rings. The van der Waals surface area contributed by atoms with E-state index >= 15 is 0 Å². The summed E-state index contributed by atoms with van der Waals surface area (Å²) < 4.78 is 16.2. The molecule has 0 bridgehead atoms. The van der Waals surface area contributed by atoms with Gasteiger partial charge in [-0.15, -0.1) is 0 Å². The first-order chi connectivity index (χ1) is 13.1. The van der Waals surface area contributed by atoms with E-state index in [2.05, 4.69) is 17.1 Å². The van der Waals surface area contributed by atoms with Crippen LogP contribution in [0.2, 0.25) is 0 Å². The molecule has 0 unspecified atom stereocenters. The van der Waals surface area contributed by atoms with Gasteiger partial charge in [-0.3, -0.25) is 4.79 Å². The quantitative estimate of drug-likeness (QED) is 0.743. The Morgan fingerprint density at radius 1 is 1.33 bits per heavy atom. The number of rotatable bonds is 7. The number of piperidine rings is 1. The molecule has 0 spiro atoms. The molecule has 1 fully saturated rings. The van der Waals surface area contributed by atoms with Crippen molar-refractivity contribution in [2.24, 2.45) is 0 Å². The zero-order valence-electron chi connectivity index (χ0n) is 16.2. The number of hydrogen-bond acceptors (Lipinski definition) is 6. The number of likely N-dealkylation sites (N-methyl/N-ethyl adjacent to an activating group) is 2. The van der Waals surface area contributed by atoms with Crippen molar-refractivity contribution in [1.29, 1.82) is 0 Å². The van der Waals surface area contributed by atoms with E-state index in [1.54, 1.807) is 18.1 Å². The predicted octanol–water partition coefficient (Wildman–Crippen LogP) is 2.82. The van der Waals surface area contributed by atoms with Crippen LogP contribution in [0.3, 0.4) is 0 Å². The molecule has 7 heteroatoms.